The van der Waals surface area contributed by atoms with Gasteiger partial charge >= 0.3 is 0 Å². The van der Waals surface area contributed by atoms with Crippen molar-refractivity contribution in [2.45, 2.75) is 19.8 Å². The Morgan fingerprint density at radius 3 is 2.54 bits per heavy atom. The first-order valence-corrected chi connectivity index (χ1v) is 8.28. The Balaban J connectivity index is 1.97. The van der Waals surface area contributed by atoms with Gasteiger partial charge in [-0.1, -0.05) is 62.4 Å². The van der Waals surface area contributed by atoms with Gasteiger partial charge in [-0.3, -0.25) is 0 Å². The van der Waals surface area contributed by atoms with E-state index in [2.05, 4.69) is 25.6 Å². The molecular formula is C22H21FO. The van der Waals surface area contributed by atoms with Gasteiger partial charge in [0.05, 0.1) is 0 Å². The van der Waals surface area contributed by atoms with Gasteiger partial charge < -0.3 is 4.74 Å². The predicted octanol–water partition coefficient (Wildman–Crippen LogP) is 6.16. The summed E-state index contributed by atoms with van der Waals surface area (Å²) in [5.41, 5.74) is 2.82. The Kier molecular flexibility index (Phi) is 4.95. The first-order valence-electron chi connectivity index (χ1n) is 8.28. The van der Waals surface area contributed by atoms with E-state index in [0.717, 1.165) is 29.5 Å². The van der Waals surface area contributed by atoms with E-state index >= 15 is 0 Å². The van der Waals surface area contributed by atoms with Crippen LogP contribution in [0.2, 0.25) is 0 Å². The SMILES string of the molecule is C=CCOc1ccc2c(F)c(-c3ccc(CCC)cc3)ccc2c1. The van der Waals surface area contributed by atoms with Crippen LogP contribution in [0.1, 0.15) is 18.9 Å². The Hall–Kier alpha value is -2.61. The molecule has 0 bridgehead atoms. The molecule has 0 radical (unpaired) electrons. The molecule has 3 rings (SSSR count). The van der Waals surface area contributed by atoms with Gasteiger partial charge in [-0.2, -0.15) is 0 Å². The third-order valence-corrected chi connectivity index (χ3v) is 4.10. The van der Waals surface area contributed by atoms with Crippen molar-refractivity contribution in [2.75, 3.05) is 6.61 Å². The van der Waals surface area contributed by atoms with Gasteiger partial charge in [0.25, 0.3) is 0 Å². The quantitative estimate of drug-likeness (QED) is 0.494. The normalized spacial score (nSPS) is 10.8. The Morgan fingerprint density at radius 1 is 1.04 bits per heavy atom. The van der Waals surface area contributed by atoms with E-state index in [0.29, 0.717) is 17.6 Å². The standard InChI is InChI=1S/C22H21FO/c1-3-5-16-6-8-17(9-7-16)20-12-10-18-15-19(24-14-4-2)11-13-21(18)22(20)23/h4,6-13,15H,2-3,5,14H2,1H3. The Morgan fingerprint density at radius 2 is 1.83 bits per heavy atom. The molecule has 0 spiro atoms. The molecular weight excluding hydrogens is 299 g/mol. The fraction of sp³-hybridized carbons (Fsp3) is 0.182. The smallest absolute Gasteiger partial charge is 0.138 e. The topological polar surface area (TPSA) is 9.23 Å². The van der Waals surface area contributed by atoms with Gasteiger partial charge in [0.2, 0.25) is 0 Å². The fourth-order valence-electron chi connectivity index (χ4n) is 2.88. The van der Waals surface area contributed by atoms with Crippen LogP contribution < -0.4 is 4.74 Å². The van der Waals surface area contributed by atoms with E-state index in [4.69, 9.17) is 4.74 Å². The number of rotatable bonds is 6. The van der Waals surface area contributed by atoms with Crippen LogP contribution in [0.3, 0.4) is 0 Å². The molecule has 0 fully saturated rings. The lowest BCUT2D eigenvalue weighted by atomic mass is 9.98. The summed E-state index contributed by atoms with van der Waals surface area (Å²) in [6.07, 6.45) is 3.85. The summed E-state index contributed by atoms with van der Waals surface area (Å²) >= 11 is 0. The molecule has 3 aromatic rings. The fourth-order valence-corrected chi connectivity index (χ4v) is 2.88. The van der Waals surface area contributed by atoms with Crippen LogP contribution >= 0.6 is 0 Å². The van der Waals surface area contributed by atoms with Crippen molar-refractivity contribution in [2.24, 2.45) is 0 Å². The van der Waals surface area contributed by atoms with E-state index < -0.39 is 0 Å². The molecule has 24 heavy (non-hydrogen) atoms. The van der Waals surface area contributed by atoms with Gasteiger partial charge in [0.1, 0.15) is 18.2 Å². The lowest BCUT2D eigenvalue weighted by Crippen LogP contribution is -1.93. The molecule has 0 saturated heterocycles. The monoisotopic (exact) mass is 320 g/mol. The predicted molar refractivity (Wildman–Crippen MR) is 99.0 cm³/mol. The average molecular weight is 320 g/mol. The molecule has 1 nitrogen and oxygen atoms in total. The summed E-state index contributed by atoms with van der Waals surface area (Å²) in [5, 5.41) is 1.44. The molecule has 0 N–H and O–H groups in total. The molecule has 0 atom stereocenters. The largest absolute Gasteiger partial charge is 0.490 e. The lowest BCUT2D eigenvalue weighted by molar-refractivity contribution is 0.364. The van der Waals surface area contributed by atoms with E-state index in [-0.39, 0.29) is 5.82 Å². The first-order chi connectivity index (χ1) is 11.7. The van der Waals surface area contributed by atoms with Crippen molar-refractivity contribution < 1.29 is 9.13 Å². The second kappa shape index (κ2) is 7.31. The van der Waals surface area contributed by atoms with Crippen LogP contribution in [0.5, 0.6) is 5.75 Å². The van der Waals surface area contributed by atoms with Crippen molar-refractivity contribution in [1.82, 2.24) is 0 Å². The van der Waals surface area contributed by atoms with Crippen LogP contribution in [-0.2, 0) is 6.42 Å². The molecule has 0 aromatic heterocycles. The molecule has 0 aliphatic heterocycles. The minimum atomic E-state index is -0.189. The van der Waals surface area contributed by atoms with E-state index in [1.165, 1.54) is 5.56 Å². The summed E-state index contributed by atoms with van der Waals surface area (Å²) in [6.45, 7) is 6.23. The summed E-state index contributed by atoms with van der Waals surface area (Å²) in [5.74, 6) is 0.532. The Bertz CT molecular complexity index is 850. The van der Waals surface area contributed by atoms with Crippen molar-refractivity contribution in [3.05, 3.63) is 78.6 Å². The summed E-state index contributed by atoms with van der Waals surface area (Å²) in [4.78, 5) is 0. The van der Waals surface area contributed by atoms with Crippen molar-refractivity contribution in [3.8, 4) is 16.9 Å². The van der Waals surface area contributed by atoms with Gasteiger partial charge in [0.15, 0.2) is 0 Å². The summed E-state index contributed by atoms with van der Waals surface area (Å²) in [7, 11) is 0. The Labute approximate surface area is 142 Å². The highest BCUT2D eigenvalue weighted by atomic mass is 19.1. The van der Waals surface area contributed by atoms with Crippen LogP contribution in [0, 0.1) is 5.82 Å². The zero-order valence-electron chi connectivity index (χ0n) is 13.9. The average Bonchev–Trinajstić information content (AvgIpc) is 2.61. The molecule has 0 saturated carbocycles. The van der Waals surface area contributed by atoms with Gasteiger partial charge in [-0.05, 0) is 41.1 Å². The van der Waals surface area contributed by atoms with E-state index in [1.807, 2.05) is 30.3 Å². The van der Waals surface area contributed by atoms with E-state index in [9.17, 15) is 4.39 Å². The molecule has 0 amide bonds. The third kappa shape index (κ3) is 3.33. The van der Waals surface area contributed by atoms with Crippen molar-refractivity contribution >= 4 is 10.8 Å². The number of fused-ring (bicyclic) bond motifs is 1. The second-order valence-corrected chi connectivity index (χ2v) is 5.86. The lowest BCUT2D eigenvalue weighted by Gasteiger charge is -2.10. The number of ether oxygens (including phenoxy) is 1. The number of benzene rings is 3. The minimum Gasteiger partial charge on any atom is -0.490 e. The van der Waals surface area contributed by atoms with Gasteiger partial charge in [-0.25, -0.2) is 4.39 Å². The summed E-state index contributed by atoms with van der Waals surface area (Å²) < 4.78 is 20.4. The minimum absolute atomic E-state index is 0.189. The van der Waals surface area contributed by atoms with Crippen LogP contribution in [0.25, 0.3) is 21.9 Å². The molecule has 3 aromatic carbocycles. The second-order valence-electron chi connectivity index (χ2n) is 5.86. The maximum absolute atomic E-state index is 14.9. The van der Waals surface area contributed by atoms with Crippen LogP contribution in [-0.4, -0.2) is 6.61 Å². The molecule has 0 unspecified atom stereocenters. The van der Waals surface area contributed by atoms with Gasteiger partial charge in [0, 0.05) is 10.9 Å². The molecule has 0 heterocycles. The number of aryl methyl sites for hydroxylation is 1. The zero-order valence-corrected chi connectivity index (χ0v) is 13.9. The van der Waals surface area contributed by atoms with Crippen LogP contribution in [0.4, 0.5) is 4.39 Å². The van der Waals surface area contributed by atoms with Gasteiger partial charge in [-0.15, -0.1) is 0 Å². The van der Waals surface area contributed by atoms with E-state index in [1.54, 1.807) is 18.2 Å². The first kappa shape index (κ1) is 16.3. The number of halogens is 1. The zero-order chi connectivity index (χ0) is 16.9. The molecule has 0 aliphatic rings. The maximum atomic E-state index is 14.9. The number of hydrogen-bond donors (Lipinski definition) is 0. The van der Waals surface area contributed by atoms with Crippen molar-refractivity contribution in [1.29, 1.82) is 0 Å². The highest BCUT2D eigenvalue weighted by Gasteiger charge is 2.10. The molecule has 0 aliphatic carbocycles. The van der Waals surface area contributed by atoms with Crippen LogP contribution in [0.15, 0.2) is 67.3 Å². The van der Waals surface area contributed by atoms with Crippen molar-refractivity contribution in [3.63, 3.8) is 0 Å². The number of hydrogen-bond acceptors (Lipinski definition) is 1. The highest BCUT2D eigenvalue weighted by molar-refractivity contribution is 5.89. The summed E-state index contributed by atoms with van der Waals surface area (Å²) in [6, 6.07) is 17.4. The third-order valence-electron chi connectivity index (χ3n) is 4.10. The maximum Gasteiger partial charge on any atom is 0.138 e. The highest BCUT2D eigenvalue weighted by Crippen LogP contribution is 2.31. The molecule has 122 valence electrons. The molecule has 2 heteroatoms.